The fourth-order valence-electron chi connectivity index (χ4n) is 3.58. The van der Waals surface area contributed by atoms with Crippen LogP contribution < -0.4 is 11.1 Å². The third kappa shape index (κ3) is 5.89. The van der Waals surface area contributed by atoms with Crippen LogP contribution in [-0.4, -0.2) is 37.4 Å². The molecule has 2 aromatic heterocycles. The summed E-state index contributed by atoms with van der Waals surface area (Å²) in [4.78, 5) is 27.1. The Labute approximate surface area is 201 Å². The summed E-state index contributed by atoms with van der Waals surface area (Å²) in [6.07, 6.45) is 1.39. The predicted octanol–water partition coefficient (Wildman–Crippen LogP) is 4.82. The summed E-state index contributed by atoms with van der Waals surface area (Å²) in [6, 6.07) is 16.6. The highest BCUT2D eigenvalue weighted by Gasteiger charge is 2.15. The van der Waals surface area contributed by atoms with Crippen molar-refractivity contribution >= 4 is 28.7 Å². The number of aromatic nitrogens is 1. The van der Waals surface area contributed by atoms with E-state index in [9.17, 15) is 9.59 Å². The zero-order valence-corrected chi connectivity index (χ0v) is 19.4. The number of nitrogens with one attached hydrogen (secondary N) is 1. The van der Waals surface area contributed by atoms with Crippen molar-refractivity contribution in [1.82, 2.24) is 10.3 Å². The van der Waals surface area contributed by atoms with Gasteiger partial charge in [-0.25, -0.2) is 14.6 Å². The Balaban J connectivity index is 1.56. The number of furan rings is 1. The Hall–Kier alpha value is -4.53. The Morgan fingerprint density at radius 2 is 1.91 bits per heavy atom. The first-order valence-electron chi connectivity index (χ1n) is 10.9. The minimum Gasteiger partial charge on any atom is -0.461 e. The smallest absolute Gasteiger partial charge is 0.461 e. The number of urea groups is 1. The quantitative estimate of drug-likeness (QED) is 0.349. The maximum atomic E-state index is 11.4. The average Bonchev–Trinajstić information content (AvgIpc) is 3.43. The summed E-state index contributed by atoms with van der Waals surface area (Å²) >= 11 is 0. The minimum atomic E-state index is -0.803. The number of aryl methyl sites for hydroxylation is 1. The number of hydrogen-bond acceptors (Lipinski definition) is 7. The molecule has 0 bridgehead atoms. The van der Waals surface area contributed by atoms with Gasteiger partial charge in [0.1, 0.15) is 23.7 Å². The van der Waals surface area contributed by atoms with Crippen LogP contribution in [0.5, 0.6) is 0 Å². The van der Waals surface area contributed by atoms with Crippen LogP contribution in [0.4, 0.5) is 9.59 Å². The van der Waals surface area contributed by atoms with E-state index in [2.05, 4.69) is 15.0 Å². The Bertz CT molecular complexity index is 1370. The number of oxazole rings is 1. The van der Waals surface area contributed by atoms with Crippen LogP contribution >= 0.6 is 0 Å². The summed E-state index contributed by atoms with van der Waals surface area (Å²) < 4.78 is 21.5. The number of hydrogen-bond donors (Lipinski definition) is 2. The predicted molar refractivity (Wildman–Crippen MR) is 130 cm³/mol. The second-order valence-electron chi connectivity index (χ2n) is 7.75. The van der Waals surface area contributed by atoms with Crippen molar-refractivity contribution < 1.29 is 27.9 Å². The van der Waals surface area contributed by atoms with E-state index in [1.54, 1.807) is 6.08 Å². The van der Waals surface area contributed by atoms with Crippen LogP contribution in [0, 0.1) is 6.92 Å². The largest absolute Gasteiger partial charge is 0.508 e. The van der Waals surface area contributed by atoms with Gasteiger partial charge in [-0.3, -0.25) is 0 Å². The van der Waals surface area contributed by atoms with Gasteiger partial charge in [0.2, 0.25) is 5.89 Å². The molecule has 35 heavy (non-hydrogen) atoms. The van der Waals surface area contributed by atoms with Crippen molar-refractivity contribution in [2.24, 2.45) is 5.73 Å². The number of ether oxygens (including phenoxy) is 2. The number of carbonyl (C=O) groups is 2. The second-order valence-corrected chi connectivity index (χ2v) is 7.75. The van der Waals surface area contributed by atoms with Gasteiger partial charge in [-0.05, 0) is 48.4 Å². The van der Waals surface area contributed by atoms with Gasteiger partial charge in [0, 0.05) is 17.5 Å². The molecule has 0 fully saturated rings. The van der Waals surface area contributed by atoms with Gasteiger partial charge in [-0.15, -0.1) is 0 Å². The maximum absolute atomic E-state index is 11.4. The zero-order chi connectivity index (χ0) is 24.8. The highest BCUT2D eigenvalue weighted by Crippen LogP contribution is 2.28. The lowest BCUT2D eigenvalue weighted by Gasteiger charge is -2.09. The lowest BCUT2D eigenvalue weighted by Crippen LogP contribution is -2.29. The summed E-state index contributed by atoms with van der Waals surface area (Å²) in [6.45, 7) is 2.02. The number of primary amides is 1. The van der Waals surface area contributed by atoms with Crippen molar-refractivity contribution in [3.05, 3.63) is 83.5 Å². The molecule has 0 saturated carbocycles. The van der Waals surface area contributed by atoms with E-state index in [1.807, 2.05) is 61.5 Å². The van der Waals surface area contributed by atoms with E-state index >= 15 is 0 Å². The number of carbonyl (C=O) groups excluding carboxylic acids is 2. The monoisotopic (exact) mass is 475 g/mol. The van der Waals surface area contributed by atoms with Crippen LogP contribution in [0.1, 0.15) is 22.8 Å². The fourth-order valence-corrected chi connectivity index (χ4v) is 3.58. The molecule has 0 aliphatic rings. The molecule has 3 N–H and O–H groups in total. The molecule has 180 valence electrons. The number of amides is 2. The van der Waals surface area contributed by atoms with Crippen molar-refractivity contribution in [3.63, 3.8) is 0 Å². The van der Waals surface area contributed by atoms with Crippen LogP contribution in [0.15, 0.2) is 69.5 Å². The average molecular weight is 476 g/mol. The molecule has 0 radical (unpaired) electrons. The third-order valence-corrected chi connectivity index (χ3v) is 5.33. The molecular weight excluding hydrogens is 450 g/mol. The minimum absolute atomic E-state index is 0.0380. The van der Waals surface area contributed by atoms with Crippen LogP contribution in [0.25, 0.3) is 28.0 Å². The number of nitrogens with two attached hydrogens (primary N) is 1. The molecule has 2 amide bonds. The summed E-state index contributed by atoms with van der Waals surface area (Å²) in [5, 5.41) is 3.36. The first-order valence-corrected chi connectivity index (χ1v) is 10.9. The van der Waals surface area contributed by atoms with Gasteiger partial charge in [-0.2, -0.15) is 0 Å². The first kappa shape index (κ1) is 23.6. The Morgan fingerprint density at radius 1 is 1.11 bits per heavy atom. The van der Waals surface area contributed by atoms with Crippen LogP contribution in [-0.2, 0) is 15.9 Å². The van der Waals surface area contributed by atoms with E-state index in [4.69, 9.17) is 19.3 Å². The molecule has 0 spiro atoms. The van der Waals surface area contributed by atoms with E-state index in [0.717, 1.165) is 33.7 Å². The SMILES string of the molecule is COC(=O)OC/C(=C/CNC(N)=O)c1ccc2oc(Cc3nc(-c4ccccc4)oc3C)cc2c1. The summed E-state index contributed by atoms with van der Waals surface area (Å²) in [7, 11) is 1.23. The lowest BCUT2D eigenvalue weighted by atomic mass is 10.0. The van der Waals surface area contributed by atoms with Gasteiger partial charge in [0.15, 0.2) is 0 Å². The van der Waals surface area contributed by atoms with Crippen LogP contribution in [0.2, 0.25) is 0 Å². The second kappa shape index (κ2) is 10.6. The lowest BCUT2D eigenvalue weighted by molar-refractivity contribution is 0.0832. The highest BCUT2D eigenvalue weighted by molar-refractivity contribution is 5.84. The third-order valence-electron chi connectivity index (χ3n) is 5.33. The van der Waals surface area contributed by atoms with Crippen LogP contribution in [0.3, 0.4) is 0 Å². The van der Waals surface area contributed by atoms with E-state index in [1.165, 1.54) is 7.11 Å². The first-order chi connectivity index (χ1) is 16.9. The molecule has 4 rings (SSSR count). The molecular formula is C26H25N3O6. The Kier molecular flexibility index (Phi) is 7.15. The number of fused-ring (bicyclic) bond motifs is 1. The van der Waals surface area contributed by atoms with Gasteiger partial charge < -0.3 is 29.4 Å². The normalized spacial score (nSPS) is 11.4. The standard InChI is InChI=1S/C26H25N3O6/c1-16-22(29-24(34-16)17-6-4-3-5-7-17)14-21-13-20-12-18(8-9-23(20)35-21)19(10-11-28-25(27)30)15-33-26(31)32-2/h3-10,12-13H,11,14-15H2,1-2H3,(H3,27,28,30)/b19-10-. The number of rotatable bonds is 8. The van der Waals surface area contributed by atoms with Crippen molar-refractivity contribution in [3.8, 4) is 11.5 Å². The summed E-state index contributed by atoms with van der Waals surface area (Å²) in [5.74, 6) is 2.04. The molecule has 2 heterocycles. The van der Waals surface area contributed by atoms with Gasteiger partial charge in [0.25, 0.3) is 0 Å². The molecule has 9 nitrogen and oxygen atoms in total. The summed E-state index contributed by atoms with van der Waals surface area (Å²) in [5.41, 5.74) is 9.02. The number of nitrogens with zero attached hydrogens (tertiary/aromatic N) is 1. The fraction of sp³-hybridized carbons (Fsp3) is 0.192. The number of methoxy groups -OCH3 is 1. The highest BCUT2D eigenvalue weighted by atomic mass is 16.7. The van der Waals surface area contributed by atoms with Gasteiger partial charge >= 0.3 is 12.2 Å². The molecule has 4 aromatic rings. The van der Waals surface area contributed by atoms with E-state index in [0.29, 0.717) is 23.5 Å². The maximum Gasteiger partial charge on any atom is 0.508 e. The van der Waals surface area contributed by atoms with Crippen molar-refractivity contribution in [1.29, 1.82) is 0 Å². The van der Waals surface area contributed by atoms with Crippen molar-refractivity contribution in [2.75, 3.05) is 20.3 Å². The molecule has 0 unspecified atom stereocenters. The van der Waals surface area contributed by atoms with E-state index in [-0.39, 0.29) is 13.2 Å². The molecule has 0 saturated heterocycles. The van der Waals surface area contributed by atoms with E-state index < -0.39 is 12.2 Å². The van der Waals surface area contributed by atoms with Gasteiger partial charge in [-0.1, -0.05) is 30.3 Å². The molecule has 2 aromatic carbocycles. The molecule has 0 aliphatic heterocycles. The van der Waals surface area contributed by atoms with Crippen molar-refractivity contribution in [2.45, 2.75) is 13.3 Å². The molecule has 0 atom stereocenters. The molecule has 9 heteroatoms. The topological polar surface area (TPSA) is 130 Å². The Morgan fingerprint density at radius 3 is 2.66 bits per heavy atom. The zero-order valence-electron chi connectivity index (χ0n) is 19.4. The molecule has 0 aliphatic carbocycles. The van der Waals surface area contributed by atoms with Gasteiger partial charge in [0.05, 0.1) is 19.2 Å². The number of benzene rings is 2.